The Balaban J connectivity index is 2.01. The lowest BCUT2D eigenvalue weighted by atomic mass is 10.1. The number of rotatable bonds is 2. The minimum Gasteiger partial charge on any atom is -0.310 e. The van der Waals surface area contributed by atoms with Crippen LogP contribution in [-0.2, 0) is 6.54 Å². The van der Waals surface area contributed by atoms with Crippen LogP contribution in [0.25, 0.3) is 0 Å². The Morgan fingerprint density at radius 2 is 2.25 bits per heavy atom. The van der Waals surface area contributed by atoms with Crippen molar-refractivity contribution >= 4 is 11.3 Å². The van der Waals surface area contributed by atoms with E-state index in [0.717, 1.165) is 19.6 Å². The van der Waals surface area contributed by atoms with Crippen molar-refractivity contribution in [3.63, 3.8) is 0 Å². The van der Waals surface area contributed by atoms with E-state index < -0.39 is 0 Å². The maximum absolute atomic E-state index is 3.61. The lowest BCUT2D eigenvalue weighted by Gasteiger charge is -2.30. The topological polar surface area (TPSA) is 15.3 Å². The minimum absolute atomic E-state index is 0.250. The molecule has 1 aromatic heterocycles. The van der Waals surface area contributed by atoms with Gasteiger partial charge in [0.05, 0.1) is 0 Å². The van der Waals surface area contributed by atoms with Crippen molar-refractivity contribution in [3.8, 4) is 0 Å². The summed E-state index contributed by atoms with van der Waals surface area (Å²) in [5, 5.41) is 8.14. The predicted octanol–water partition coefficient (Wildman–Crippen LogP) is 2.63. The van der Waals surface area contributed by atoms with Crippen molar-refractivity contribution < 1.29 is 0 Å². The summed E-state index contributed by atoms with van der Waals surface area (Å²) in [5.74, 6) is 0. The smallest absolute Gasteiger partial charge is 0.0252 e. The van der Waals surface area contributed by atoms with Gasteiger partial charge in [-0.3, -0.25) is 4.90 Å². The van der Waals surface area contributed by atoms with Gasteiger partial charge in [0, 0.05) is 18.6 Å². The van der Waals surface area contributed by atoms with E-state index in [1.807, 2.05) is 11.3 Å². The molecule has 90 valence electrons. The van der Waals surface area contributed by atoms with Gasteiger partial charge in [0.1, 0.15) is 0 Å². The van der Waals surface area contributed by atoms with Crippen LogP contribution in [0.5, 0.6) is 0 Å². The van der Waals surface area contributed by atoms with Gasteiger partial charge in [0.25, 0.3) is 0 Å². The standard InChI is InChI=1S/C13H22N2S/c1-11-8-16-9-12(11)7-15-6-4-5-14-13(2,3)10-15/h8-9,14H,4-7,10H2,1-3H3. The molecule has 0 spiro atoms. The summed E-state index contributed by atoms with van der Waals surface area (Å²) in [6, 6.07) is 0. The molecular formula is C13H22N2S. The molecule has 3 heteroatoms. The summed E-state index contributed by atoms with van der Waals surface area (Å²) in [5.41, 5.74) is 3.20. The van der Waals surface area contributed by atoms with Gasteiger partial charge in [0.2, 0.25) is 0 Å². The monoisotopic (exact) mass is 238 g/mol. The van der Waals surface area contributed by atoms with Crippen molar-refractivity contribution in [2.24, 2.45) is 0 Å². The summed E-state index contributed by atoms with van der Waals surface area (Å²) in [6.07, 6.45) is 1.26. The zero-order valence-electron chi connectivity index (χ0n) is 10.5. The first kappa shape index (κ1) is 12.1. The first-order valence-electron chi connectivity index (χ1n) is 6.06. The van der Waals surface area contributed by atoms with Crippen LogP contribution in [0.3, 0.4) is 0 Å². The second kappa shape index (κ2) is 4.86. The highest BCUT2D eigenvalue weighted by Gasteiger charge is 2.24. The molecule has 1 fully saturated rings. The van der Waals surface area contributed by atoms with E-state index in [9.17, 15) is 0 Å². The molecule has 1 aromatic rings. The second-order valence-electron chi connectivity index (χ2n) is 5.45. The third kappa shape index (κ3) is 3.06. The molecule has 0 radical (unpaired) electrons. The third-order valence-electron chi connectivity index (χ3n) is 3.23. The van der Waals surface area contributed by atoms with Crippen LogP contribution in [0.4, 0.5) is 0 Å². The summed E-state index contributed by atoms with van der Waals surface area (Å²) >= 11 is 1.82. The first-order chi connectivity index (χ1) is 7.57. The number of nitrogens with zero attached hydrogens (tertiary/aromatic N) is 1. The summed E-state index contributed by atoms with van der Waals surface area (Å²) < 4.78 is 0. The van der Waals surface area contributed by atoms with Crippen LogP contribution >= 0.6 is 11.3 Å². The maximum Gasteiger partial charge on any atom is 0.0252 e. The van der Waals surface area contributed by atoms with Crippen LogP contribution in [0.1, 0.15) is 31.4 Å². The fourth-order valence-corrected chi connectivity index (χ4v) is 3.20. The molecule has 0 bridgehead atoms. The molecule has 2 rings (SSSR count). The zero-order chi connectivity index (χ0) is 11.6. The van der Waals surface area contributed by atoms with Crippen molar-refractivity contribution in [3.05, 3.63) is 21.9 Å². The van der Waals surface area contributed by atoms with Gasteiger partial charge in [-0.05, 0) is 62.2 Å². The van der Waals surface area contributed by atoms with Crippen LogP contribution in [-0.4, -0.2) is 30.1 Å². The Hall–Kier alpha value is -0.380. The number of nitrogens with one attached hydrogen (secondary N) is 1. The minimum atomic E-state index is 0.250. The highest BCUT2D eigenvalue weighted by atomic mass is 32.1. The van der Waals surface area contributed by atoms with E-state index in [0.29, 0.717) is 0 Å². The third-order valence-corrected chi connectivity index (χ3v) is 4.14. The molecule has 0 aliphatic carbocycles. The van der Waals surface area contributed by atoms with E-state index in [4.69, 9.17) is 0 Å². The Labute approximate surface area is 103 Å². The number of aryl methyl sites for hydroxylation is 1. The summed E-state index contributed by atoms with van der Waals surface area (Å²) in [7, 11) is 0. The van der Waals surface area contributed by atoms with Gasteiger partial charge in [-0.1, -0.05) is 0 Å². The summed E-state index contributed by atoms with van der Waals surface area (Å²) in [6.45, 7) is 11.4. The van der Waals surface area contributed by atoms with E-state index in [1.165, 1.54) is 24.1 Å². The lowest BCUT2D eigenvalue weighted by molar-refractivity contribution is 0.224. The number of thiophene rings is 1. The molecular weight excluding hydrogens is 216 g/mol. The maximum atomic E-state index is 3.61. The van der Waals surface area contributed by atoms with Crippen molar-refractivity contribution in [2.75, 3.05) is 19.6 Å². The highest BCUT2D eigenvalue weighted by molar-refractivity contribution is 7.08. The number of hydrogen-bond acceptors (Lipinski definition) is 3. The molecule has 2 heterocycles. The molecule has 1 N–H and O–H groups in total. The Morgan fingerprint density at radius 3 is 2.94 bits per heavy atom. The van der Waals surface area contributed by atoms with E-state index >= 15 is 0 Å². The van der Waals surface area contributed by atoms with Crippen molar-refractivity contribution in [1.82, 2.24) is 10.2 Å². The van der Waals surface area contributed by atoms with Crippen LogP contribution in [0.15, 0.2) is 10.8 Å². The molecule has 1 saturated heterocycles. The molecule has 0 saturated carbocycles. The van der Waals surface area contributed by atoms with Gasteiger partial charge in [-0.25, -0.2) is 0 Å². The number of hydrogen-bond donors (Lipinski definition) is 1. The Bertz CT molecular complexity index is 343. The lowest BCUT2D eigenvalue weighted by Crippen LogP contribution is -2.46. The molecule has 0 atom stereocenters. The van der Waals surface area contributed by atoms with Crippen LogP contribution in [0.2, 0.25) is 0 Å². The van der Waals surface area contributed by atoms with Crippen LogP contribution < -0.4 is 5.32 Å². The molecule has 2 nitrogen and oxygen atoms in total. The average Bonchev–Trinajstić information content (AvgIpc) is 2.49. The summed E-state index contributed by atoms with van der Waals surface area (Å²) in [4.78, 5) is 2.58. The van der Waals surface area contributed by atoms with Crippen molar-refractivity contribution in [2.45, 2.75) is 39.3 Å². The molecule has 0 amide bonds. The van der Waals surface area contributed by atoms with Gasteiger partial charge in [-0.2, -0.15) is 11.3 Å². The van der Waals surface area contributed by atoms with Gasteiger partial charge < -0.3 is 5.32 Å². The average molecular weight is 238 g/mol. The molecule has 16 heavy (non-hydrogen) atoms. The second-order valence-corrected chi connectivity index (χ2v) is 6.20. The SMILES string of the molecule is Cc1cscc1CN1CCCNC(C)(C)C1. The van der Waals surface area contributed by atoms with Gasteiger partial charge in [-0.15, -0.1) is 0 Å². The first-order valence-corrected chi connectivity index (χ1v) is 7.00. The predicted molar refractivity (Wildman–Crippen MR) is 71.0 cm³/mol. The fourth-order valence-electron chi connectivity index (χ4n) is 2.35. The Morgan fingerprint density at radius 1 is 1.44 bits per heavy atom. The quantitative estimate of drug-likeness (QED) is 0.852. The molecule has 0 aromatic carbocycles. The van der Waals surface area contributed by atoms with Crippen LogP contribution in [0, 0.1) is 6.92 Å². The molecule has 1 aliphatic rings. The Kier molecular flexibility index (Phi) is 3.67. The highest BCUT2D eigenvalue weighted by Crippen LogP contribution is 2.18. The molecule has 1 aliphatic heterocycles. The largest absolute Gasteiger partial charge is 0.310 e. The fraction of sp³-hybridized carbons (Fsp3) is 0.692. The normalized spacial score (nSPS) is 21.9. The van der Waals surface area contributed by atoms with E-state index in [2.05, 4.69) is 41.7 Å². The van der Waals surface area contributed by atoms with Gasteiger partial charge in [0.15, 0.2) is 0 Å². The zero-order valence-corrected chi connectivity index (χ0v) is 11.4. The van der Waals surface area contributed by atoms with E-state index in [1.54, 1.807) is 0 Å². The van der Waals surface area contributed by atoms with E-state index in [-0.39, 0.29) is 5.54 Å². The van der Waals surface area contributed by atoms with Gasteiger partial charge >= 0.3 is 0 Å². The molecule has 0 unspecified atom stereocenters. The van der Waals surface area contributed by atoms with Crippen molar-refractivity contribution in [1.29, 1.82) is 0 Å².